The number of hydrogen-bond donors (Lipinski definition) is 2. The van der Waals surface area contributed by atoms with Gasteiger partial charge in [-0.1, -0.05) is 0 Å². The fourth-order valence-electron chi connectivity index (χ4n) is 0.673. The Labute approximate surface area is 62.0 Å². The molecule has 1 amide bonds. The molecule has 0 heterocycles. The fraction of sp³-hybridized carbons (Fsp3) is 0.857. The van der Waals surface area contributed by atoms with Gasteiger partial charge in [-0.25, -0.2) is 0 Å². The first-order valence-corrected chi connectivity index (χ1v) is 3.51. The van der Waals surface area contributed by atoms with Crippen LogP contribution < -0.4 is 11.1 Å². The van der Waals surface area contributed by atoms with E-state index in [1.165, 1.54) is 0 Å². The maximum Gasteiger partial charge on any atom is 0.221 e. The van der Waals surface area contributed by atoms with E-state index >= 15 is 0 Å². The van der Waals surface area contributed by atoms with Crippen LogP contribution in [0.15, 0.2) is 0 Å². The zero-order chi connectivity index (χ0) is 8.20. The van der Waals surface area contributed by atoms with Crippen molar-refractivity contribution in [1.82, 2.24) is 5.32 Å². The standard InChI is InChI=1S/C7H16N2O/c1-4-9-6(10)5-7(2,3)8/h4-5,8H2,1-3H3,(H,9,10). The number of amides is 1. The SMILES string of the molecule is CCNC(=O)CC(C)(C)N. The molecule has 3 nitrogen and oxygen atoms in total. The number of nitrogens with two attached hydrogens (primary N) is 1. The Balaban J connectivity index is 3.58. The smallest absolute Gasteiger partial charge is 0.221 e. The van der Waals surface area contributed by atoms with Crippen LogP contribution in [0.2, 0.25) is 0 Å². The lowest BCUT2D eigenvalue weighted by Gasteiger charge is -2.16. The molecule has 10 heavy (non-hydrogen) atoms. The third-order valence-corrected chi connectivity index (χ3v) is 0.990. The van der Waals surface area contributed by atoms with Crippen molar-refractivity contribution in [3.63, 3.8) is 0 Å². The summed E-state index contributed by atoms with van der Waals surface area (Å²) < 4.78 is 0. The summed E-state index contributed by atoms with van der Waals surface area (Å²) in [6.45, 7) is 6.24. The summed E-state index contributed by atoms with van der Waals surface area (Å²) in [7, 11) is 0. The highest BCUT2D eigenvalue weighted by Gasteiger charge is 2.14. The van der Waals surface area contributed by atoms with Crippen LogP contribution in [0.1, 0.15) is 27.2 Å². The quantitative estimate of drug-likeness (QED) is 0.596. The summed E-state index contributed by atoms with van der Waals surface area (Å²) in [6.07, 6.45) is 0.390. The van der Waals surface area contributed by atoms with Crippen molar-refractivity contribution in [3.05, 3.63) is 0 Å². The lowest BCUT2D eigenvalue weighted by molar-refractivity contribution is -0.121. The molecule has 0 rings (SSSR count). The summed E-state index contributed by atoms with van der Waals surface area (Å²) in [4.78, 5) is 10.9. The van der Waals surface area contributed by atoms with Crippen molar-refractivity contribution in [1.29, 1.82) is 0 Å². The first-order valence-electron chi connectivity index (χ1n) is 3.51. The van der Waals surface area contributed by atoms with Crippen LogP contribution in [0.25, 0.3) is 0 Å². The van der Waals surface area contributed by atoms with E-state index in [1.54, 1.807) is 0 Å². The molecule has 3 N–H and O–H groups in total. The topological polar surface area (TPSA) is 55.1 Å². The molecular formula is C7H16N2O. The number of hydrogen-bond acceptors (Lipinski definition) is 2. The second-order valence-corrected chi connectivity index (χ2v) is 3.12. The Bertz CT molecular complexity index is 115. The van der Waals surface area contributed by atoms with E-state index in [-0.39, 0.29) is 11.4 Å². The van der Waals surface area contributed by atoms with Gasteiger partial charge >= 0.3 is 0 Å². The molecule has 0 aliphatic heterocycles. The first-order chi connectivity index (χ1) is 4.45. The summed E-state index contributed by atoms with van der Waals surface area (Å²) in [5.74, 6) is 0.0231. The van der Waals surface area contributed by atoms with Gasteiger partial charge in [0.15, 0.2) is 0 Å². The Morgan fingerprint density at radius 2 is 2.10 bits per heavy atom. The monoisotopic (exact) mass is 144 g/mol. The van der Waals surface area contributed by atoms with E-state index in [4.69, 9.17) is 5.73 Å². The average Bonchev–Trinajstić information content (AvgIpc) is 1.59. The Kier molecular flexibility index (Phi) is 3.36. The third-order valence-electron chi connectivity index (χ3n) is 0.990. The van der Waals surface area contributed by atoms with Crippen LogP contribution in [0.5, 0.6) is 0 Å². The third kappa shape index (κ3) is 5.56. The molecule has 0 spiro atoms. The predicted molar refractivity (Wildman–Crippen MR) is 41.6 cm³/mol. The lowest BCUT2D eigenvalue weighted by atomic mass is 10.0. The van der Waals surface area contributed by atoms with Gasteiger partial charge in [0.1, 0.15) is 0 Å². The molecule has 0 bridgehead atoms. The van der Waals surface area contributed by atoms with Gasteiger partial charge in [0.2, 0.25) is 5.91 Å². The number of nitrogens with one attached hydrogen (secondary N) is 1. The van der Waals surface area contributed by atoms with Gasteiger partial charge in [0.05, 0.1) is 0 Å². The van der Waals surface area contributed by atoms with Crippen molar-refractivity contribution >= 4 is 5.91 Å². The van der Waals surface area contributed by atoms with Gasteiger partial charge in [-0.05, 0) is 20.8 Å². The molecule has 0 saturated carbocycles. The van der Waals surface area contributed by atoms with Gasteiger partial charge in [-0.3, -0.25) is 4.79 Å². The van der Waals surface area contributed by atoms with Crippen LogP contribution in [0.3, 0.4) is 0 Å². The number of carbonyl (C=O) groups excluding carboxylic acids is 1. The van der Waals surface area contributed by atoms with E-state index < -0.39 is 0 Å². The Hall–Kier alpha value is -0.570. The maximum absolute atomic E-state index is 10.9. The van der Waals surface area contributed by atoms with Crippen molar-refractivity contribution in [3.8, 4) is 0 Å². The average molecular weight is 144 g/mol. The molecule has 0 saturated heterocycles. The highest BCUT2D eigenvalue weighted by molar-refractivity contribution is 5.76. The van der Waals surface area contributed by atoms with E-state index in [9.17, 15) is 4.79 Å². The second-order valence-electron chi connectivity index (χ2n) is 3.12. The van der Waals surface area contributed by atoms with Crippen LogP contribution in [0, 0.1) is 0 Å². The van der Waals surface area contributed by atoms with Gasteiger partial charge in [-0.15, -0.1) is 0 Å². The zero-order valence-corrected chi connectivity index (χ0v) is 6.90. The highest BCUT2D eigenvalue weighted by Crippen LogP contribution is 2.01. The minimum Gasteiger partial charge on any atom is -0.356 e. The molecule has 0 aromatic heterocycles. The normalized spacial score (nSPS) is 11.2. The van der Waals surface area contributed by atoms with Gasteiger partial charge < -0.3 is 11.1 Å². The molecule has 0 fully saturated rings. The number of carbonyl (C=O) groups is 1. The van der Waals surface area contributed by atoms with Crippen LogP contribution in [0.4, 0.5) is 0 Å². The molecule has 0 unspecified atom stereocenters. The summed E-state index contributed by atoms with van der Waals surface area (Å²) in [5.41, 5.74) is 5.22. The molecule has 0 aromatic carbocycles. The molecule has 0 aliphatic rings. The van der Waals surface area contributed by atoms with Crippen LogP contribution >= 0.6 is 0 Å². The summed E-state index contributed by atoms with van der Waals surface area (Å²) >= 11 is 0. The first kappa shape index (κ1) is 9.43. The molecule has 0 atom stereocenters. The Morgan fingerprint density at radius 3 is 2.40 bits per heavy atom. The molecule has 60 valence electrons. The summed E-state index contributed by atoms with van der Waals surface area (Å²) in [5, 5.41) is 2.68. The molecule has 0 aromatic rings. The van der Waals surface area contributed by atoms with Gasteiger partial charge in [0, 0.05) is 18.5 Å². The van der Waals surface area contributed by atoms with Crippen LogP contribution in [-0.4, -0.2) is 18.0 Å². The Morgan fingerprint density at radius 1 is 1.60 bits per heavy atom. The van der Waals surface area contributed by atoms with Crippen LogP contribution in [-0.2, 0) is 4.79 Å². The van der Waals surface area contributed by atoms with E-state index in [0.29, 0.717) is 13.0 Å². The fourth-order valence-corrected chi connectivity index (χ4v) is 0.673. The van der Waals surface area contributed by atoms with Gasteiger partial charge in [-0.2, -0.15) is 0 Å². The van der Waals surface area contributed by atoms with E-state index in [2.05, 4.69) is 5.32 Å². The predicted octanol–water partition coefficient (Wildman–Crippen LogP) is 0.250. The second kappa shape index (κ2) is 3.56. The zero-order valence-electron chi connectivity index (χ0n) is 6.90. The van der Waals surface area contributed by atoms with E-state index in [1.807, 2.05) is 20.8 Å². The summed E-state index contributed by atoms with van der Waals surface area (Å²) in [6, 6.07) is 0. The van der Waals surface area contributed by atoms with Crippen molar-refractivity contribution in [2.45, 2.75) is 32.7 Å². The molecule has 0 radical (unpaired) electrons. The lowest BCUT2D eigenvalue weighted by Crippen LogP contribution is -2.38. The molecule has 3 heteroatoms. The van der Waals surface area contributed by atoms with Gasteiger partial charge in [0.25, 0.3) is 0 Å². The largest absolute Gasteiger partial charge is 0.356 e. The maximum atomic E-state index is 10.9. The highest BCUT2D eigenvalue weighted by atomic mass is 16.1. The van der Waals surface area contributed by atoms with Crippen molar-refractivity contribution in [2.24, 2.45) is 5.73 Å². The molecule has 0 aliphatic carbocycles. The van der Waals surface area contributed by atoms with Crippen molar-refractivity contribution in [2.75, 3.05) is 6.54 Å². The van der Waals surface area contributed by atoms with Crippen molar-refractivity contribution < 1.29 is 4.79 Å². The minimum atomic E-state index is -0.390. The van der Waals surface area contributed by atoms with E-state index in [0.717, 1.165) is 0 Å². The molecular weight excluding hydrogens is 128 g/mol. The number of rotatable bonds is 3. The minimum absolute atomic E-state index is 0.0231.